The lowest BCUT2D eigenvalue weighted by molar-refractivity contribution is -0.124. The first-order valence-corrected chi connectivity index (χ1v) is 6.69. The highest BCUT2D eigenvalue weighted by molar-refractivity contribution is 5.79. The SMILES string of the molecule is C[C@@H](C(=O)NCCN1CCN(C)CC1)n1cncn1. The van der Waals surface area contributed by atoms with E-state index in [1.807, 2.05) is 6.92 Å². The standard InChI is InChI=1S/C12H22N6O/c1-11(18-10-13-9-15-18)12(19)14-3-4-17-7-5-16(2)6-8-17/h9-11H,3-8H2,1-2H3,(H,14,19)/t11-/m0/s1. The van der Waals surface area contributed by atoms with Crippen molar-refractivity contribution in [1.82, 2.24) is 29.9 Å². The van der Waals surface area contributed by atoms with Gasteiger partial charge in [0.2, 0.25) is 5.91 Å². The first-order chi connectivity index (χ1) is 9.16. The molecule has 106 valence electrons. The van der Waals surface area contributed by atoms with Crippen LogP contribution in [0.5, 0.6) is 0 Å². The number of piperazine rings is 1. The number of hydrogen-bond donors (Lipinski definition) is 1. The molecule has 0 unspecified atom stereocenters. The molecule has 1 aliphatic heterocycles. The number of likely N-dealkylation sites (N-methyl/N-ethyl adjacent to an activating group) is 1. The van der Waals surface area contributed by atoms with Crippen molar-refractivity contribution < 1.29 is 4.79 Å². The maximum Gasteiger partial charge on any atom is 0.244 e. The van der Waals surface area contributed by atoms with Crippen LogP contribution in [0.3, 0.4) is 0 Å². The lowest BCUT2D eigenvalue weighted by Crippen LogP contribution is -2.47. The molecule has 1 fully saturated rings. The molecule has 2 heterocycles. The molecule has 7 nitrogen and oxygen atoms in total. The van der Waals surface area contributed by atoms with Crippen LogP contribution in [0, 0.1) is 0 Å². The third kappa shape index (κ3) is 4.00. The van der Waals surface area contributed by atoms with Gasteiger partial charge in [0.15, 0.2) is 0 Å². The summed E-state index contributed by atoms with van der Waals surface area (Å²) in [6, 6.07) is -0.310. The zero-order valence-electron chi connectivity index (χ0n) is 11.6. The van der Waals surface area contributed by atoms with Crippen LogP contribution in [0.1, 0.15) is 13.0 Å². The maximum atomic E-state index is 11.9. The predicted octanol–water partition coefficient (Wildman–Crippen LogP) is -0.797. The molecule has 7 heteroatoms. The first-order valence-electron chi connectivity index (χ1n) is 6.69. The van der Waals surface area contributed by atoms with E-state index in [1.165, 1.54) is 6.33 Å². The topological polar surface area (TPSA) is 66.3 Å². The molecule has 0 spiro atoms. The Morgan fingerprint density at radius 3 is 2.74 bits per heavy atom. The monoisotopic (exact) mass is 266 g/mol. The van der Waals surface area contributed by atoms with Crippen LogP contribution in [0.15, 0.2) is 12.7 Å². The second-order valence-electron chi connectivity index (χ2n) is 4.99. The van der Waals surface area contributed by atoms with Gasteiger partial charge in [0, 0.05) is 39.3 Å². The van der Waals surface area contributed by atoms with Crippen molar-refractivity contribution in [2.45, 2.75) is 13.0 Å². The second kappa shape index (κ2) is 6.63. The van der Waals surface area contributed by atoms with Gasteiger partial charge in [-0.05, 0) is 14.0 Å². The highest BCUT2D eigenvalue weighted by Gasteiger charge is 2.16. The van der Waals surface area contributed by atoms with Crippen LogP contribution in [0.25, 0.3) is 0 Å². The van der Waals surface area contributed by atoms with Crippen LogP contribution >= 0.6 is 0 Å². The fourth-order valence-electron chi connectivity index (χ4n) is 2.09. The summed E-state index contributed by atoms with van der Waals surface area (Å²) in [6.45, 7) is 7.76. The zero-order valence-corrected chi connectivity index (χ0v) is 11.6. The van der Waals surface area contributed by atoms with Gasteiger partial charge < -0.3 is 10.2 Å². The highest BCUT2D eigenvalue weighted by atomic mass is 16.2. The molecule has 19 heavy (non-hydrogen) atoms. The number of amides is 1. The van der Waals surface area contributed by atoms with E-state index in [0.717, 1.165) is 32.7 Å². The van der Waals surface area contributed by atoms with E-state index in [2.05, 4.69) is 32.2 Å². The molecule has 0 aromatic carbocycles. The Hall–Kier alpha value is -1.47. The largest absolute Gasteiger partial charge is 0.353 e. The van der Waals surface area contributed by atoms with E-state index in [4.69, 9.17) is 0 Å². The van der Waals surface area contributed by atoms with Crippen molar-refractivity contribution in [2.75, 3.05) is 46.3 Å². The van der Waals surface area contributed by atoms with Crippen molar-refractivity contribution in [3.63, 3.8) is 0 Å². The Kier molecular flexibility index (Phi) is 4.86. The molecule has 0 aliphatic carbocycles. The maximum absolute atomic E-state index is 11.9. The summed E-state index contributed by atoms with van der Waals surface area (Å²) in [5, 5.41) is 6.92. The molecule has 1 N–H and O–H groups in total. The van der Waals surface area contributed by atoms with Crippen molar-refractivity contribution >= 4 is 5.91 Å². The smallest absolute Gasteiger partial charge is 0.244 e. The molecule has 2 rings (SSSR count). The fourth-order valence-corrected chi connectivity index (χ4v) is 2.09. The molecule has 1 aromatic rings. The Bertz CT molecular complexity index is 385. The van der Waals surface area contributed by atoms with Crippen molar-refractivity contribution in [3.05, 3.63) is 12.7 Å². The van der Waals surface area contributed by atoms with E-state index in [1.54, 1.807) is 11.0 Å². The van der Waals surface area contributed by atoms with E-state index >= 15 is 0 Å². The quantitative estimate of drug-likeness (QED) is 0.756. The summed E-state index contributed by atoms with van der Waals surface area (Å²) in [4.78, 5) is 20.5. The van der Waals surface area contributed by atoms with Gasteiger partial charge in [-0.15, -0.1) is 0 Å². The molecule has 1 aliphatic rings. The summed E-state index contributed by atoms with van der Waals surface area (Å²) in [5.41, 5.74) is 0. The first kappa shape index (κ1) is 14.0. The van der Waals surface area contributed by atoms with Crippen LogP contribution in [-0.2, 0) is 4.79 Å². The average Bonchev–Trinajstić information content (AvgIpc) is 2.94. The van der Waals surface area contributed by atoms with E-state index in [9.17, 15) is 4.79 Å². The molecule has 0 saturated carbocycles. The number of nitrogens with zero attached hydrogens (tertiary/aromatic N) is 5. The number of carbonyl (C=O) groups excluding carboxylic acids is 1. The van der Waals surface area contributed by atoms with Crippen LogP contribution in [0.4, 0.5) is 0 Å². The molecular formula is C12H22N6O. The summed E-state index contributed by atoms with van der Waals surface area (Å²) in [5.74, 6) is -0.0142. The highest BCUT2D eigenvalue weighted by Crippen LogP contribution is 2.02. The molecule has 1 saturated heterocycles. The lowest BCUT2D eigenvalue weighted by atomic mass is 10.3. The minimum Gasteiger partial charge on any atom is -0.353 e. The third-order valence-electron chi connectivity index (χ3n) is 3.54. The third-order valence-corrected chi connectivity index (χ3v) is 3.54. The summed E-state index contributed by atoms with van der Waals surface area (Å²) < 4.78 is 1.56. The molecule has 0 radical (unpaired) electrons. The molecule has 1 aromatic heterocycles. The van der Waals surface area contributed by atoms with Crippen LogP contribution < -0.4 is 5.32 Å². The van der Waals surface area contributed by atoms with Gasteiger partial charge in [-0.3, -0.25) is 9.69 Å². The van der Waals surface area contributed by atoms with Crippen molar-refractivity contribution in [3.8, 4) is 0 Å². The summed E-state index contributed by atoms with van der Waals surface area (Å²) in [7, 11) is 2.14. The van der Waals surface area contributed by atoms with Crippen molar-refractivity contribution in [1.29, 1.82) is 0 Å². The van der Waals surface area contributed by atoms with Gasteiger partial charge in [0.25, 0.3) is 0 Å². The van der Waals surface area contributed by atoms with Crippen LogP contribution in [-0.4, -0.2) is 76.8 Å². The van der Waals surface area contributed by atoms with Gasteiger partial charge in [-0.25, -0.2) is 9.67 Å². The second-order valence-corrected chi connectivity index (χ2v) is 4.99. The number of carbonyl (C=O) groups is 1. The Labute approximate surface area is 113 Å². The zero-order chi connectivity index (χ0) is 13.7. The van der Waals surface area contributed by atoms with E-state index in [-0.39, 0.29) is 11.9 Å². The lowest BCUT2D eigenvalue weighted by Gasteiger charge is -2.32. The minimum absolute atomic E-state index is 0.0142. The Morgan fingerprint density at radius 1 is 1.37 bits per heavy atom. The van der Waals surface area contributed by atoms with Gasteiger partial charge >= 0.3 is 0 Å². The number of nitrogens with one attached hydrogen (secondary N) is 1. The normalized spacial score (nSPS) is 19.3. The van der Waals surface area contributed by atoms with Crippen molar-refractivity contribution in [2.24, 2.45) is 0 Å². The van der Waals surface area contributed by atoms with E-state index < -0.39 is 0 Å². The summed E-state index contributed by atoms with van der Waals surface area (Å²) in [6.07, 6.45) is 3.00. The number of rotatable bonds is 5. The molecule has 1 amide bonds. The predicted molar refractivity (Wildman–Crippen MR) is 71.7 cm³/mol. The Morgan fingerprint density at radius 2 is 2.11 bits per heavy atom. The molecule has 0 bridgehead atoms. The minimum atomic E-state index is -0.310. The van der Waals surface area contributed by atoms with Gasteiger partial charge in [-0.2, -0.15) is 5.10 Å². The van der Waals surface area contributed by atoms with Gasteiger partial charge in [0.05, 0.1) is 0 Å². The molecular weight excluding hydrogens is 244 g/mol. The Balaban J connectivity index is 1.66. The van der Waals surface area contributed by atoms with E-state index in [0.29, 0.717) is 6.54 Å². The van der Waals surface area contributed by atoms with Gasteiger partial charge in [-0.1, -0.05) is 0 Å². The van der Waals surface area contributed by atoms with Crippen LogP contribution in [0.2, 0.25) is 0 Å². The average molecular weight is 266 g/mol. The van der Waals surface area contributed by atoms with Gasteiger partial charge in [0.1, 0.15) is 18.7 Å². The molecule has 1 atom stereocenters. The fraction of sp³-hybridized carbons (Fsp3) is 0.750. The number of aromatic nitrogens is 3. The summed E-state index contributed by atoms with van der Waals surface area (Å²) >= 11 is 0. The number of hydrogen-bond acceptors (Lipinski definition) is 5.